The number of thiazole rings is 1. The Morgan fingerprint density at radius 2 is 2.24 bits per heavy atom. The summed E-state index contributed by atoms with van der Waals surface area (Å²) >= 11 is 1.79. The zero-order valence-corrected chi connectivity index (χ0v) is 13.4. The average molecular weight is 301 g/mol. The van der Waals surface area contributed by atoms with Crippen molar-refractivity contribution in [1.82, 2.24) is 4.98 Å². The molecule has 2 heterocycles. The molecule has 3 rings (SSSR count). The van der Waals surface area contributed by atoms with Crippen LogP contribution in [0, 0.1) is 0 Å². The molecular formula is C17H23N3S. The van der Waals surface area contributed by atoms with Crippen molar-refractivity contribution in [2.75, 3.05) is 18.0 Å². The SMILES string of the molecule is CCCc1nc(CN2CC(CCN)c3ccccc32)cs1. The molecule has 1 atom stereocenters. The fourth-order valence-electron chi connectivity index (χ4n) is 3.13. The second kappa shape index (κ2) is 6.58. The van der Waals surface area contributed by atoms with Gasteiger partial charge >= 0.3 is 0 Å². The summed E-state index contributed by atoms with van der Waals surface area (Å²) in [6.45, 7) is 4.94. The van der Waals surface area contributed by atoms with Crippen LogP contribution >= 0.6 is 11.3 Å². The number of hydrogen-bond donors (Lipinski definition) is 1. The van der Waals surface area contributed by atoms with Gasteiger partial charge in [0.25, 0.3) is 0 Å². The third-order valence-corrected chi connectivity index (χ3v) is 5.05. The maximum absolute atomic E-state index is 5.77. The molecule has 1 aliphatic heterocycles. The summed E-state index contributed by atoms with van der Waals surface area (Å²) in [5.41, 5.74) is 9.78. The molecule has 21 heavy (non-hydrogen) atoms. The molecule has 2 N–H and O–H groups in total. The Hall–Kier alpha value is -1.39. The Bertz CT molecular complexity index is 593. The predicted octanol–water partition coefficient (Wildman–Crippen LogP) is 3.55. The standard InChI is InChI=1S/C17H23N3S/c1-2-5-17-19-14(12-21-17)11-20-10-13(8-9-18)15-6-3-4-7-16(15)20/h3-4,6-7,12-13H,2,5,8-11,18H2,1H3. The first kappa shape index (κ1) is 14.5. The Balaban J connectivity index is 1.76. The lowest BCUT2D eigenvalue weighted by molar-refractivity contribution is 0.642. The smallest absolute Gasteiger partial charge is 0.0928 e. The Labute approximate surface area is 130 Å². The van der Waals surface area contributed by atoms with Gasteiger partial charge in [-0.1, -0.05) is 25.1 Å². The van der Waals surface area contributed by atoms with Gasteiger partial charge in [0.15, 0.2) is 0 Å². The summed E-state index contributed by atoms with van der Waals surface area (Å²) in [6, 6.07) is 8.73. The van der Waals surface area contributed by atoms with Gasteiger partial charge in [-0.3, -0.25) is 0 Å². The summed E-state index contributed by atoms with van der Waals surface area (Å²) in [5, 5.41) is 3.47. The van der Waals surface area contributed by atoms with E-state index in [1.165, 1.54) is 22.0 Å². The van der Waals surface area contributed by atoms with E-state index in [1.54, 1.807) is 11.3 Å². The molecule has 0 saturated carbocycles. The largest absolute Gasteiger partial charge is 0.365 e. The minimum absolute atomic E-state index is 0.569. The highest BCUT2D eigenvalue weighted by Crippen LogP contribution is 2.38. The molecule has 0 spiro atoms. The molecule has 112 valence electrons. The van der Waals surface area contributed by atoms with Gasteiger partial charge in [0.1, 0.15) is 0 Å². The van der Waals surface area contributed by atoms with Gasteiger partial charge in [0, 0.05) is 23.5 Å². The first-order valence-corrected chi connectivity index (χ1v) is 8.67. The molecule has 1 aliphatic rings. The lowest BCUT2D eigenvalue weighted by atomic mass is 9.98. The molecule has 3 nitrogen and oxygen atoms in total. The van der Waals surface area contributed by atoms with E-state index in [9.17, 15) is 0 Å². The van der Waals surface area contributed by atoms with Crippen LogP contribution < -0.4 is 10.6 Å². The van der Waals surface area contributed by atoms with Crippen LogP contribution in [-0.4, -0.2) is 18.1 Å². The van der Waals surface area contributed by atoms with Gasteiger partial charge in [-0.05, 0) is 37.4 Å². The Morgan fingerprint density at radius 3 is 3.05 bits per heavy atom. The van der Waals surface area contributed by atoms with Crippen molar-refractivity contribution >= 4 is 17.0 Å². The summed E-state index contributed by atoms with van der Waals surface area (Å²) in [6.07, 6.45) is 3.32. The van der Waals surface area contributed by atoms with E-state index >= 15 is 0 Å². The van der Waals surface area contributed by atoms with Crippen LogP contribution in [0.2, 0.25) is 0 Å². The van der Waals surface area contributed by atoms with Crippen molar-refractivity contribution in [1.29, 1.82) is 0 Å². The average Bonchev–Trinajstić information content (AvgIpc) is 3.07. The van der Waals surface area contributed by atoms with Crippen molar-refractivity contribution in [3.63, 3.8) is 0 Å². The van der Waals surface area contributed by atoms with Crippen LogP contribution in [0.4, 0.5) is 5.69 Å². The lowest BCUT2D eigenvalue weighted by Crippen LogP contribution is -2.22. The lowest BCUT2D eigenvalue weighted by Gasteiger charge is -2.18. The van der Waals surface area contributed by atoms with Crippen molar-refractivity contribution in [2.24, 2.45) is 5.73 Å². The van der Waals surface area contributed by atoms with Crippen LogP contribution in [0.25, 0.3) is 0 Å². The molecule has 4 heteroatoms. The van der Waals surface area contributed by atoms with Crippen LogP contribution in [0.3, 0.4) is 0 Å². The van der Waals surface area contributed by atoms with Crippen molar-refractivity contribution in [2.45, 2.75) is 38.6 Å². The van der Waals surface area contributed by atoms with Gasteiger partial charge in [-0.2, -0.15) is 0 Å². The van der Waals surface area contributed by atoms with E-state index in [1.807, 2.05) is 0 Å². The zero-order chi connectivity index (χ0) is 14.7. The minimum atomic E-state index is 0.569. The highest BCUT2D eigenvalue weighted by molar-refractivity contribution is 7.09. The first-order chi connectivity index (χ1) is 10.3. The molecule has 1 aromatic heterocycles. The predicted molar refractivity (Wildman–Crippen MR) is 90.0 cm³/mol. The van der Waals surface area contributed by atoms with Crippen LogP contribution in [0.15, 0.2) is 29.6 Å². The number of aromatic nitrogens is 1. The zero-order valence-electron chi connectivity index (χ0n) is 12.6. The molecule has 0 amide bonds. The summed E-state index contributed by atoms with van der Waals surface area (Å²) in [7, 11) is 0. The van der Waals surface area contributed by atoms with Gasteiger partial charge in [-0.15, -0.1) is 11.3 Å². The van der Waals surface area contributed by atoms with Crippen LogP contribution in [-0.2, 0) is 13.0 Å². The number of rotatable bonds is 6. The monoisotopic (exact) mass is 301 g/mol. The molecule has 0 aliphatic carbocycles. The van der Waals surface area contributed by atoms with Crippen molar-refractivity contribution in [3.05, 3.63) is 45.9 Å². The maximum atomic E-state index is 5.77. The van der Waals surface area contributed by atoms with E-state index in [2.05, 4.69) is 41.5 Å². The number of anilines is 1. The fraction of sp³-hybridized carbons (Fsp3) is 0.471. The molecule has 1 unspecified atom stereocenters. The van der Waals surface area contributed by atoms with Crippen molar-refractivity contribution < 1.29 is 0 Å². The number of para-hydroxylation sites is 1. The van der Waals surface area contributed by atoms with Gasteiger partial charge in [-0.25, -0.2) is 4.98 Å². The molecule has 0 radical (unpaired) electrons. The van der Waals surface area contributed by atoms with Crippen LogP contribution in [0.5, 0.6) is 0 Å². The highest BCUT2D eigenvalue weighted by atomic mass is 32.1. The van der Waals surface area contributed by atoms with E-state index in [0.717, 1.165) is 38.9 Å². The summed E-state index contributed by atoms with van der Waals surface area (Å²) < 4.78 is 0. The van der Waals surface area contributed by atoms with E-state index in [0.29, 0.717) is 5.92 Å². The highest BCUT2D eigenvalue weighted by Gasteiger charge is 2.27. The normalized spacial score (nSPS) is 17.2. The number of fused-ring (bicyclic) bond motifs is 1. The molecule has 2 aromatic rings. The van der Waals surface area contributed by atoms with Crippen molar-refractivity contribution in [3.8, 4) is 0 Å². The van der Waals surface area contributed by atoms with E-state index < -0.39 is 0 Å². The second-order valence-corrected chi connectivity index (χ2v) is 6.64. The molecule has 0 saturated heterocycles. The first-order valence-electron chi connectivity index (χ1n) is 7.79. The molecule has 1 aromatic carbocycles. The third-order valence-electron chi connectivity index (χ3n) is 4.09. The molecule has 0 fully saturated rings. The number of nitrogens with two attached hydrogens (primary N) is 1. The van der Waals surface area contributed by atoms with Gasteiger partial charge < -0.3 is 10.6 Å². The number of benzene rings is 1. The van der Waals surface area contributed by atoms with Gasteiger partial charge in [0.05, 0.1) is 17.2 Å². The summed E-state index contributed by atoms with van der Waals surface area (Å²) in [4.78, 5) is 7.22. The van der Waals surface area contributed by atoms with E-state index in [4.69, 9.17) is 10.7 Å². The number of aryl methyl sites for hydroxylation is 1. The van der Waals surface area contributed by atoms with Crippen LogP contribution in [0.1, 0.15) is 41.9 Å². The number of hydrogen-bond acceptors (Lipinski definition) is 4. The topological polar surface area (TPSA) is 42.2 Å². The maximum Gasteiger partial charge on any atom is 0.0928 e. The van der Waals surface area contributed by atoms with Gasteiger partial charge in [0.2, 0.25) is 0 Å². The second-order valence-electron chi connectivity index (χ2n) is 5.70. The molecule has 0 bridgehead atoms. The Kier molecular flexibility index (Phi) is 4.56. The minimum Gasteiger partial charge on any atom is -0.365 e. The Morgan fingerprint density at radius 1 is 1.38 bits per heavy atom. The quantitative estimate of drug-likeness (QED) is 0.887. The molecular weight excluding hydrogens is 278 g/mol. The van der Waals surface area contributed by atoms with E-state index in [-0.39, 0.29) is 0 Å². The number of nitrogens with zero attached hydrogens (tertiary/aromatic N) is 2. The third kappa shape index (κ3) is 3.11. The summed E-state index contributed by atoms with van der Waals surface area (Å²) in [5.74, 6) is 0.569. The fourth-order valence-corrected chi connectivity index (χ4v) is 4.02.